The number of hydrogen-bond donors (Lipinski definition) is 1. The summed E-state index contributed by atoms with van der Waals surface area (Å²) in [6.07, 6.45) is 9.44. The molecular weight excluding hydrogens is 268 g/mol. The molecule has 0 saturated heterocycles. The summed E-state index contributed by atoms with van der Waals surface area (Å²) < 4.78 is 0. The molecule has 0 spiro atoms. The zero-order valence-corrected chi connectivity index (χ0v) is 11.7. The molecule has 0 aliphatic rings. The third kappa shape index (κ3) is 6.03. The van der Waals surface area contributed by atoms with E-state index >= 15 is 0 Å². The maximum atomic E-state index is 4.30. The Kier molecular flexibility index (Phi) is 7.55. The summed E-state index contributed by atoms with van der Waals surface area (Å²) in [6, 6.07) is 19.9. The number of nitrogens with one attached hydrogen (secondary N) is 1. The highest BCUT2D eigenvalue weighted by Gasteiger charge is 1.82. The van der Waals surface area contributed by atoms with E-state index in [0.29, 0.717) is 0 Å². The lowest BCUT2D eigenvalue weighted by Crippen LogP contribution is -3.00. The normalized spacial score (nSPS) is 11.0. The molecule has 0 aliphatic heterocycles. The Morgan fingerprint density at radius 3 is 2.15 bits per heavy atom. The monoisotopic (exact) mass is 284 g/mol. The predicted octanol–water partition coefficient (Wildman–Crippen LogP) is 1.69. The third-order valence-corrected chi connectivity index (χ3v) is 2.41. The number of allylic oxidation sites excluding steroid dienone is 3. The summed E-state index contributed by atoms with van der Waals surface area (Å²) in [5.74, 6) is 0. The molecule has 2 rings (SSSR count). The standard InChI is InChI=1S/C17H16N2.ClH/c1-4-10-16(11-5-1)18-14-8-3-9-15-19-17-12-6-2-7-13-17;/h1-15,18H;1H/b9-3?,14-8+,19-15?;. The van der Waals surface area contributed by atoms with Crippen LogP contribution in [0.1, 0.15) is 1.43 Å². The maximum absolute atomic E-state index is 4.30. The summed E-state index contributed by atoms with van der Waals surface area (Å²) in [5.41, 5.74) is 2.03. The molecule has 0 saturated carbocycles. The van der Waals surface area contributed by atoms with Crippen LogP contribution in [0.2, 0.25) is 0 Å². The van der Waals surface area contributed by atoms with E-state index in [1.807, 2.05) is 85.1 Å². The molecule has 0 amide bonds. The number of para-hydroxylation sites is 2. The highest BCUT2D eigenvalue weighted by atomic mass is 35.5. The lowest BCUT2D eigenvalue weighted by molar-refractivity contribution is -0.00000373. The van der Waals surface area contributed by atoms with Crippen molar-refractivity contribution in [1.29, 1.82) is 0 Å². The second-order valence-electron chi connectivity index (χ2n) is 3.87. The lowest BCUT2D eigenvalue weighted by Gasteiger charge is -1.97. The van der Waals surface area contributed by atoms with E-state index in [1.165, 1.54) is 0 Å². The van der Waals surface area contributed by atoms with E-state index < -0.39 is 0 Å². The summed E-state index contributed by atoms with van der Waals surface area (Å²) in [7, 11) is 0. The number of anilines is 1. The smallest absolute Gasteiger partial charge is 1.00 e. The van der Waals surface area contributed by atoms with Crippen molar-refractivity contribution in [3.63, 3.8) is 0 Å². The van der Waals surface area contributed by atoms with Crippen LogP contribution < -0.4 is 17.7 Å². The van der Waals surface area contributed by atoms with Gasteiger partial charge < -0.3 is 17.7 Å². The minimum Gasteiger partial charge on any atom is -1.00 e. The SMILES string of the molecule is C(=C/C=C/Nc1ccccc1)C=Nc1ccccc1.[Cl-].[H+]. The number of hydrogen-bond acceptors (Lipinski definition) is 2. The minimum absolute atomic E-state index is 0. The van der Waals surface area contributed by atoms with Gasteiger partial charge in [0.1, 0.15) is 0 Å². The van der Waals surface area contributed by atoms with E-state index in [1.54, 1.807) is 6.21 Å². The van der Waals surface area contributed by atoms with Crippen molar-refractivity contribution in [2.75, 3.05) is 5.32 Å². The molecule has 1 N–H and O–H groups in total. The molecule has 20 heavy (non-hydrogen) atoms. The minimum atomic E-state index is 0. The quantitative estimate of drug-likeness (QED) is 0.656. The predicted molar refractivity (Wildman–Crippen MR) is 84.1 cm³/mol. The molecule has 0 aliphatic carbocycles. The first-order valence-corrected chi connectivity index (χ1v) is 6.18. The van der Waals surface area contributed by atoms with Crippen LogP contribution in [0, 0.1) is 0 Å². The van der Waals surface area contributed by atoms with Gasteiger partial charge >= 0.3 is 1.43 Å². The van der Waals surface area contributed by atoms with Crippen molar-refractivity contribution in [2.24, 2.45) is 4.99 Å². The fourth-order valence-electron chi connectivity index (χ4n) is 1.49. The second kappa shape index (κ2) is 9.59. The van der Waals surface area contributed by atoms with Gasteiger partial charge in [-0.1, -0.05) is 42.5 Å². The lowest BCUT2D eigenvalue weighted by atomic mass is 10.3. The van der Waals surface area contributed by atoms with Gasteiger partial charge in [0.25, 0.3) is 0 Å². The molecule has 102 valence electrons. The van der Waals surface area contributed by atoms with Gasteiger partial charge in [0.2, 0.25) is 0 Å². The Morgan fingerprint density at radius 2 is 1.45 bits per heavy atom. The molecule has 0 radical (unpaired) electrons. The molecule has 2 nitrogen and oxygen atoms in total. The van der Waals surface area contributed by atoms with Crippen LogP contribution in [0.5, 0.6) is 0 Å². The summed E-state index contributed by atoms with van der Waals surface area (Å²) in [5, 5.41) is 3.18. The van der Waals surface area contributed by atoms with Crippen molar-refractivity contribution < 1.29 is 13.8 Å². The van der Waals surface area contributed by atoms with E-state index in [2.05, 4.69) is 10.3 Å². The fourth-order valence-corrected chi connectivity index (χ4v) is 1.49. The highest BCUT2D eigenvalue weighted by Crippen LogP contribution is 2.08. The second-order valence-corrected chi connectivity index (χ2v) is 3.87. The molecule has 3 heteroatoms. The van der Waals surface area contributed by atoms with Crippen LogP contribution in [0.3, 0.4) is 0 Å². The number of aliphatic imine (C=N–C) groups is 1. The number of benzene rings is 2. The van der Waals surface area contributed by atoms with Crippen LogP contribution >= 0.6 is 0 Å². The summed E-state index contributed by atoms with van der Waals surface area (Å²) in [6.45, 7) is 0. The number of halogens is 1. The van der Waals surface area contributed by atoms with Crippen LogP contribution in [0.15, 0.2) is 90.1 Å². The van der Waals surface area contributed by atoms with Gasteiger partial charge in [-0.25, -0.2) is 0 Å². The van der Waals surface area contributed by atoms with Crippen LogP contribution in [0.25, 0.3) is 0 Å². The molecule has 0 unspecified atom stereocenters. The highest BCUT2D eigenvalue weighted by molar-refractivity contribution is 5.74. The zero-order valence-electron chi connectivity index (χ0n) is 12.0. The molecule has 0 fully saturated rings. The summed E-state index contributed by atoms with van der Waals surface area (Å²) in [4.78, 5) is 4.30. The Hall–Kier alpha value is -2.32. The average molecular weight is 285 g/mol. The Bertz CT molecular complexity index is 566. The van der Waals surface area contributed by atoms with Gasteiger partial charge in [-0.3, -0.25) is 4.99 Å². The topological polar surface area (TPSA) is 24.4 Å². The Morgan fingerprint density at radius 1 is 0.800 bits per heavy atom. The van der Waals surface area contributed by atoms with Gasteiger partial charge in [-0.2, -0.15) is 0 Å². The van der Waals surface area contributed by atoms with Gasteiger partial charge in [0, 0.05) is 18.1 Å². The van der Waals surface area contributed by atoms with Crippen LogP contribution in [0.4, 0.5) is 11.4 Å². The molecule has 0 bridgehead atoms. The fraction of sp³-hybridized carbons (Fsp3) is 0. The Balaban J connectivity index is 0.00000200. The zero-order chi connectivity index (χ0) is 13.2. The van der Waals surface area contributed by atoms with Crippen molar-refractivity contribution in [1.82, 2.24) is 0 Å². The van der Waals surface area contributed by atoms with Crippen LogP contribution in [-0.4, -0.2) is 6.21 Å². The molecule has 0 aromatic heterocycles. The van der Waals surface area contributed by atoms with Crippen molar-refractivity contribution >= 4 is 17.6 Å². The largest absolute Gasteiger partial charge is 1.00 e. The van der Waals surface area contributed by atoms with Crippen LogP contribution in [-0.2, 0) is 0 Å². The maximum Gasteiger partial charge on any atom is 1.00 e. The molecule has 0 atom stereocenters. The van der Waals surface area contributed by atoms with E-state index in [0.717, 1.165) is 11.4 Å². The number of nitrogens with zero attached hydrogens (tertiary/aromatic N) is 1. The molecule has 2 aromatic rings. The molecule has 0 heterocycles. The van der Waals surface area contributed by atoms with Gasteiger partial charge in [-0.15, -0.1) is 0 Å². The van der Waals surface area contributed by atoms with E-state index in [-0.39, 0.29) is 13.8 Å². The molecular formula is C17H17ClN2. The van der Waals surface area contributed by atoms with Gasteiger partial charge in [-0.05, 0) is 36.4 Å². The first kappa shape index (κ1) is 15.7. The third-order valence-electron chi connectivity index (χ3n) is 2.41. The van der Waals surface area contributed by atoms with Crippen molar-refractivity contribution in [2.45, 2.75) is 0 Å². The van der Waals surface area contributed by atoms with Crippen molar-refractivity contribution in [3.05, 3.63) is 85.1 Å². The van der Waals surface area contributed by atoms with Gasteiger partial charge in [0.15, 0.2) is 0 Å². The molecule has 2 aromatic carbocycles. The summed E-state index contributed by atoms with van der Waals surface area (Å²) >= 11 is 0. The van der Waals surface area contributed by atoms with Crippen molar-refractivity contribution in [3.8, 4) is 0 Å². The van der Waals surface area contributed by atoms with E-state index in [4.69, 9.17) is 0 Å². The van der Waals surface area contributed by atoms with E-state index in [9.17, 15) is 0 Å². The average Bonchev–Trinajstić information content (AvgIpc) is 2.48. The number of rotatable bonds is 5. The van der Waals surface area contributed by atoms with Gasteiger partial charge in [0.05, 0.1) is 5.69 Å². The Labute approximate surface area is 127 Å². The first-order chi connectivity index (χ1) is 9.45. The first-order valence-electron chi connectivity index (χ1n) is 6.18.